The van der Waals surface area contributed by atoms with Crippen molar-refractivity contribution in [2.24, 2.45) is 0 Å². The summed E-state index contributed by atoms with van der Waals surface area (Å²) in [5.41, 5.74) is 7.57. The normalized spacial score (nSPS) is 12.0. The van der Waals surface area contributed by atoms with Crippen LogP contribution in [-0.2, 0) is 63.2 Å². The Labute approximate surface area is 185 Å². The van der Waals surface area contributed by atoms with E-state index < -0.39 is 22.7 Å². The Balaban J connectivity index is 2.86. The zero-order valence-electron chi connectivity index (χ0n) is 19.2. The maximum atomic E-state index is 12.0. The molecule has 0 amide bonds. The summed E-state index contributed by atoms with van der Waals surface area (Å²) in [6.07, 6.45) is 5.31. The van der Waals surface area contributed by atoms with Gasteiger partial charge in [-0.15, -0.1) is 0 Å². The molecule has 0 atom stereocenters. The van der Waals surface area contributed by atoms with Crippen LogP contribution >= 0.6 is 0 Å². The van der Waals surface area contributed by atoms with Crippen LogP contribution in [0.25, 0.3) is 0 Å². The molecule has 30 heavy (non-hydrogen) atoms. The van der Waals surface area contributed by atoms with Gasteiger partial charge in [0.1, 0.15) is 0 Å². The van der Waals surface area contributed by atoms with Crippen molar-refractivity contribution in [1.29, 1.82) is 0 Å². The zero-order valence-corrected chi connectivity index (χ0v) is 21.6. The molecule has 6 heteroatoms. The fourth-order valence-electron chi connectivity index (χ4n) is 4.78. The van der Waals surface area contributed by atoms with Crippen LogP contribution in [0.2, 0.25) is 0 Å². The molecule has 0 spiro atoms. The fourth-order valence-corrected chi connectivity index (χ4v) is 9.61. The Morgan fingerprint density at radius 3 is 1.30 bits per heavy atom. The van der Waals surface area contributed by atoms with Gasteiger partial charge in [0.15, 0.2) is 0 Å². The molecule has 0 aliphatic carbocycles. The Kier molecular flexibility index (Phi) is 9.02. The molecule has 0 unspecified atom stereocenters. The maximum absolute atomic E-state index is 12.0. The molecule has 0 heterocycles. The van der Waals surface area contributed by atoms with Crippen molar-refractivity contribution in [1.82, 2.24) is 0 Å². The van der Waals surface area contributed by atoms with Crippen molar-refractivity contribution in [3.8, 4) is 0 Å². The summed E-state index contributed by atoms with van der Waals surface area (Å²) in [6.45, 7) is 12.8. The van der Waals surface area contributed by atoms with Crippen molar-refractivity contribution >= 4 is 19.4 Å². The average molecular weight is 469 g/mol. The van der Waals surface area contributed by atoms with Crippen LogP contribution in [0.5, 0.6) is 0 Å². The molecule has 0 bridgehead atoms. The first-order chi connectivity index (χ1) is 14.3. The van der Waals surface area contributed by atoms with Gasteiger partial charge in [-0.05, 0) is 0 Å². The minimum absolute atomic E-state index is 0.813. The summed E-state index contributed by atoms with van der Waals surface area (Å²) in [4.78, 5) is 0. The Morgan fingerprint density at radius 1 is 0.667 bits per heavy atom. The first-order valence-corrected chi connectivity index (χ1v) is 14.9. The van der Waals surface area contributed by atoms with Gasteiger partial charge < -0.3 is 0 Å². The molecule has 0 saturated carbocycles. The van der Waals surface area contributed by atoms with Crippen molar-refractivity contribution in [3.05, 3.63) is 57.6 Å². The van der Waals surface area contributed by atoms with Crippen molar-refractivity contribution in [2.75, 3.05) is 0 Å². The molecule has 166 valence electrons. The molecule has 4 nitrogen and oxygen atoms in total. The van der Waals surface area contributed by atoms with Crippen LogP contribution in [0, 0.1) is 0 Å². The summed E-state index contributed by atoms with van der Waals surface area (Å²) in [6, 6.07) is 8.33. The van der Waals surface area contributed by atoms with E-state index in [0.717, 1.165) is 48.9 Å². The number of hydrogen-bond acceptors (Lipinski definition) is 3. The molecule has 0 radical (unpaired) electrons. The predicted molar refractivity (Wildman–Crippen MR) is 120 cm³/mol. The third-order valence-corrected chi connectivity index (χ3v) is 10.8. The molecule has 1 N–H and O–H groups in total. The standard InChI is InChI=1S/C24H35OSi.Cr.H2O.2O/c1-7-17-13-15-23(21(11-5)19(17)9-3)26(25)24-16-14-18(8-2)20(10-4)22(24)12-6;;;;/h13-16,26H,7-12H2,1-6H3;;1H2;;/q-1;+2;;;/p-1. The van der Waals surface area contributed by atoms with E-state index in [1.165, 1.54) is 33.4 Å². The molecule has 2 rings (SSSR count). The van der Waals surface area contributed by atoms with Gasteiger partial charge in [0, 0.05) is 0 Å². The fraction of sp³-hybridized carbons (Fsp3) is 0.500. The Morgan fingerprint density at radius 2 is 1.03 bits per heavy atom. The summed E-state index contributed by atoms with van der Waals surface area (Å²) in [5.74, 6) is 0. The van der Waals surface area contributed by atoms with E-state index >= 15 is 0 Å². The monoisotopic (exact) mass is 468 g/mol. The van der Waals surface area contributed by atoms with E-state index in [-0.39, 0.29) is 0 Å². The van der Waals surface area contributed by atoms with Gasteiger partial charge in [-0.25, -0.2) is 0 Å². The third-order valence-electron chi connectivity index (χ3n) is 6.09. The van der Waals surface area contributed by atoms with E-state index in [0.29, 0.717) is 0 Å². The number of hydrogen-bond donors (Lipinski definition) is 1. The second-order valence-electron chi connectivity index (χ2n) is 7.57. The summed E-state index contributed by atoms with van der Waals surface area (Å²) in [7, 11) is -2.64. The first-order valence-electron chi connectivity index (χ1n) is 11.2. The Hall–Kier alpha value is -1.29. The van der Waals surface area contributed by atoms with E-state index in [1.54, 1.807) is 0 Å². The van der Waals surface area contributed by atoms with E-state index in [1.807, 2.05) is 0 Å². The van der Waals surface area contributed by atoms with E-state index in [4.69, 9.17) is 3.48 Å². The molecule has 0 saturated heterocycles. The molecule has 2 aromatic carbocycles. The Bertz CT molecular complexity index is 920. The SMILES string of the molecule is CCc1ccc([SiH]([O][Cr](=[O])(=[O])[OH])c2ccc(CC)c(CC)c2CC)c(CC)c1CC. The summed E-state index contributed by atoms with van der Waals surface area (Å²) in [5, 5.41) is 1.96. The first kappa shape index (κ1) is 25.0. The summed E-state index contributed by atoms with van der Waals surface area (Å²) < 4.78 is 39.3. The molecule has 0 aliphatic heterocycles. The number of benzene rings is 2. The van der Waals surface area contributed by atoms with E-state index in [2.05, 4.69) is 65.8 Å². The topological polar surface area (TPSA) is 63.6 Å². The predicted octanol–water partition coefficient (Wildman–Crippen LogP) is 3.58. The van der Waals surface area contributed by atoms with Gasteiger partial charge in [-0.2, -0.15) is 0 Å². The molecule has 0 aliphatic rings. The van der Waals surface area contributed by atoms with Crippen LogP contribution in [0.1, 0.15) is 74.9 Å². The van der Waals surface area contributed by atoms with Crippen molar-refractivity contribution < 1.29 is 28.9 Å². The molecular formula is C24H36CrO4Si. The van der Waals surface area contributed by atoms with Crippen LogP contribution in [0.15, 0.2) is 24.3 Å². The second kappa shape index (κ2) is 10.8. The second-order valence-corrected chi connectivity index (χ2v) is 12.0. The van der Waals surface area contributed by atoms with Crippen LogP contribution in [-0.4, -0.2) is 13.2 Å². The third kappa shape index (κ3) is 5.30. The van der Waals surface area contributed by atoms with Crippen LogP contribution in [0.4, 0.5) is 0 Å². The van der Waals surface area contributed by atoms with Gasteiger partial charge in [-0.1, -0.05) is 0 Å². The van der Waals surface area contributed by atoms with Gasteiger partial charge in [-0.3, -0.25) is 0 Å². The van der Waals surface area contributed by atoms with Gasteiger partial charge in [0.25, 0.3) is 0 Å². The van der Waals surface area contributed by atoms with Crippen LogP contribution < -0.4 is 10.4 Å². The van der Waals surface area contributed by atoms with Gasteiger partial charge in [0.2, 0.25) is 0 Å². The van der Waals surface area contributed by atoms with Gasteiger partial charge >= 0.3 is 186 Å². The van der Waals surface area contributed by atoms with Crippen LogP contribution in [0.3, 0.4) is 0 Å². The molecular weight excluding hydrogens is 432 g/mol. The molecule has 0 aromatic heterocycles. The quantitative estimate of drug-likeness (QED) is 0.542. The summed E-state index contributed by atoms with van der Waals surface area (Å²) >= 11 is -5.39. The number of aryl methyl sites for hydroxylation is 2. The van der Waals surface area contributed by atoms with Crippen molar-refractivity contribution in [3.63, 3.8) is 0 Å². The number of rotatable bonds is 10. The van der Waals surface area contributed by atoms with Gasteiger partial charge in [0.05, 0.1) is 0 Å². The minimum atomic E-state index is -5.39. The molecule has 2 aromatic rings. The molecule has 0 fully saturated rings. The van der Waals surface area contributed by atoms with E-state index in [9.17, 15) is 11.8 Å². The van der Waals surface area contributed by atoms with Crippen molar-refractivity contribution in [2.45, 2.75) is 80.1 Å². The zero-order chi connectivity index (χ0) is 22.5. The average Bonchev–Trinajstić information content (AvgIpc) is 2.74.